The van der Waals surface area contributed by atoms with E-state index in [4.69, 9.17) is 9.90 Å². The largest absolute Gasteiger partial charge is 0.490 e. The maximum atomic E-state index is 14.0. The van der Waals surface area contributed by atoms with Gasteiger partial charge >= 0.3 is 12.1 Å². The lowest BCUT2D eigenvalue weighted by Gasteiger charge is -2.30. The summed E-state index contributed by atoms with van der Waals surface area (Å²) in [4.78, 5) is 17.3. The number of carboxylic acid groups (broad SMARTS) is 1. The minimum atomic E-state index is -5.08. The summed E-state index contributed by atoms with van der Waals surface area (Å²) in [5.41, 5.74) is 2.80. The second-order valence-corrected chi connectivity index (χ2v) is 10.2. The van der Waals surface area contributed by atoms with Gasteiger partial charge in [0.1, 0.15) is 10.7 Å². The van der Waals surface area contributed by atoms with Gasteiger partial charge in [-0.05, 0) is 54.8 Å². The number of hydrogen-bond acceptors (Lipinski definition) is 6. The molecule has 1 fully saturated rings. The first-order chi connectivity index (χ1) is 18.0. The number of benzene rings is 1. The van der Waals surface area contributed by atoms with Gasteiger partial charge in [-0.25, -0.2) is 27.1 Å². The van der Waals surface area contributed by atoms with E-state index in [2.05, 4.69) is 15.1 Å². The standard InChI is InChI=1S/C22H20FN5O2S.C2HF3O2/c23-19-3-1-2-4-20(19)31(29,30)27-13-9-17(10-14-27)22-25-21-6-5-18(15-28(21)26-22)16-7-11-24-12-8-16;3-2(4,5)1(6)7/h1-8,11-12,15,17H,9-10,13-14H2;(H,6,7). The van der Waals surface area contributed by atoms with Gasteiger partial charge < -0.3 is 5.11 Å². The Hall–Kier alpha value is -3.91. The van der Waals surface area contributed by atoms with Crippen LogP contribution in [0.15, 0.2) is 72.0 Å². The van der Waals surface area contributed by atoms with Gasteiger partial charge in [0.15, 0.2) is 11.5 Å². The highest BCUT2D eigenvalue weighted by Crippen LogP contribution is 2.30. The average molecular weight is 552 g/mol. The number of piperidine rings is 1. The van der Waals surface area contributed by atoms with Crippen LogP contribution in [0.3, 0.4) is 0 Å². The molecule has 1 N–H and O–H groups in total. The molecule has 1 aromatic carbocycles. The Morgan fingerprint density at radius 3 is 2.21 bits per heavy atom. The summed E-state index contributed by atoms with van der Waals surface area (Å²) in [5.74, 6) is -2.73. The van der Waals surface area contributed by atoms with Gasteiger partial charge in [0.2, 0.25) is 10.0 Å². The molecule has 0 bridgehead atoms. The van der Waals surface area contributed by atoms with Crippen LogP contribution in [0.4, 0.5) is 17.6 Å². The van der Waals surface area contributed by atoms with Crippen LogP contribution in [-0.4, -0.2) is 62.6 Å². The number of halogens is 4. The molecule has 38 heavy (non-hydrogen) atoms. The molecule has 3 aromatic heterocycles. The van der Waals surface area contributed by atoms with E-state index in [1.807, 2.05) is 30.5 Å². The van der Waals surface area contributed by atoms with Gasteiger partial charge in [0, 0.05) is 43.2 Å². The van der Waals surface area contributed by atoms with E-state index in [0.29, 0.717) is 31.8 Å². The van der Waals surface area contributed by atoms with Gasteiger partial charge in [-0.2, -0.15) is 22.6 Å². The van der Waals surface area contributed by atoms with Crippen molar-refractivity contribution >= 4 is 21.6 Å². The van der Waals surface area contributed by atoms with Crippen molar-refractivity contribution in [3.63, 3.8) is 0 Å². The van der Waals surface area contributed by atoms with Crippen molar-refractivity contribution in [3.8, 4) is 11.1 Å². The number of fused-ring (bicyclic) bond motifs is 1. The lowest BCUT2D eigenvalue weighted by atomic mass is 9.98. The Kier molecular flexibility index (Phi) is 7.73. The molecule has 4 aromatic rings. The third-order valence-electron chi connectivity index (χ3n) is 5.88. The zero-order chi connectivity index (χ0) is 27.5. The number of sulfonamides is 1. The molecular formula is C24H21F4N5O4S. The predicted molar refractivity (Wildman–Crippen MR) is 127 cm³/mol. The maximum absolute atomic E-state index is 14.0. The van der Waals surface area contributed by atoms with Crippen LogP contribution in [0, 0.1) is 5.82 Å². The number of nitrogens with zero attached hydrogens (tertiary/aromatic N) is 5. The normalized spacial score (nSPS) is 15.2. The van der Waals surface area contributed by atoms with E-state index in [1.54, 1.807) is 16.9 Å². The first-order valence-corrected chi connectivity index (χ1v) is 12.7. The lowest BCUT2D eigenvalue weighted by Crippen LogP contribution is -2.38. The third-order valence-corrected chi connectivity index (χ3v) is 7.81. The summed E-state index contributed by atoms with van der Waals surface area (Å²) in [7, 11) is -3.85. The molecule has 0 unspecified atom stereocenters. The molecule has 0 saturated carbocycles. The molecule has 14 heteroatoms. The highest BCUT2D eigenvalue weighted by molar-refractivity contribution is 7.89. The Labute approximate surface area is 214 Å². The van der Waals surface area contributed by atoms with Crippen molar-refractivity contribution in [2.45, 2.75) is 29.8 Å². The van der Waals surface area contributed by atoms with Crippen molar-refractivity contribution in [3.05, 3.63) is 78.8 Å². The Balaban J connectivity index is 0.000000426. The van der Waals surface area contributed by atoms with E-state index in [0.717, 1.165) is 16.8 Å². The van der Waals surface area contributed by atoms with E-state index in [1.165, 1.54) is 28.6 Å². The number of carbonyl (C=O) groups is 1. The summed E-state index contributed by atoms with van der Waals surface area (Å²) in [5, 5.41) is 11.8. The minimum Gasteiger partial charge on any atom is -0.475 e. The molecule has 0 spiro atoms. The highest BCUT2D eigenvalue weighted by atomic mass is 32.2. The fourth-order valence-corrected chi connectivity index (χ4v) is 5.47. The first kappa shape index (κ1) is 27.1. The summed E-state index contributed by atoms with van der Waals surface area (Å²) in [6.45, 7) is 0.609. The number of aromatic nitrogens is 4. The molecule has 0 atom stereocenters. The molecule has 0 aliphatic carbocycles. The van der Waals surface area contributed by atoms with Crippen LogP contribution in [-0.2, 0) is 14.8 Å². The van der Waals surface area contributed by atoms with Crippen LogP contribution < -0.4 is 0 Å². The maximum Gasteiger partial charge on any atom is 0.490 e. The monoisotopic (exact) mass is 551 g/mol. The summed E-state index contributed by atoms with van der Waals surface area (Å²) in [6, 6.07) is 13.3. The molecule has 5 rings (SSSR count). The molecule has 4 heterocycles. The summed E-state index contributed by atoms with van der Waals surface area (Å²) in [6.07, 6.45) is 1.51. The highest BCUT2D eigenvalue weighted by Gasteiger charge is 2.38. The smallest absolute Gasteiger partial charge is 0.475 e. The topological polar surface area (TPSA) is 118 Å². The lowest BCUT2D eigenvalue weighted by molar-refractivity contribution is -0.192. The number of alkyl halides is 3. The first-order valence-electron chi connectivity index (χ1n) is 11.3. The van der Waals surface area contributed by atoms with Crippen LogP contribution in [0.1, 0.15) is 24.6 Å². The van der Waals surface area contributed by atoms with Crippen molar-refractivity contribution in [1.29, 1.82) is 0 Å². The number of rotatable bonds is 4. The second-order valence-electron chi connectivity index (χ2n) is 8.34. The molecule has 0 radical (unpaired) electrons. The Morgan fingerprint density at radius 2 is 1.61 bits per heavy atom. The summed E-state index contributed by atoms with van der Waals surface area (Å²) >= 11 is 0. The van der Waals surface area contributed by atoms with Crippen molar-refractivity contribution < 1.29 is 35.9 Å². The van der Waals surface area contributed by atoms with E-state index >= 15 is 0 Å². The number of carboxylic acids is 1. The van der Waals surface area contributed by atoms with Gasteiger partial charge in [-0.3, -0.25) is 4.98 Å². The van der Waals surface area contributed by atoms with Crippen molar-refractivity contribution in [2.24, 2.45) is 0 Å². The fraction of sp³-hybridized carbons (Fsp3) is 0.250. The minimum absolute atomic E-state index is 0.0522. The zero-order valence-corrected chi connectivity index (χ0v) is 20.4. The quantitative estimate of drug-likeness (QED) is 0.379. The van der Waals surface area contributed by atoms with Crippen molar-refractivity contribution in [2.75, 3.05) is 13.1 Å². The number of aliphatic carboxylic acids is 1. The number of hydrogen-bond donors (Lipinski definition) is 1. The third kappa shape index (κ3) is 5.97. The number of pyridine rings is 2. The van der Waals surface area contributed by atoms with Crippen molar-refractivity contribution in [1.82, 2.24) is 23.9 Å². The predicted octanol–water partition coefficient (Wildman–Crippen LogP) is 4.13. The molecule has 200 valence electrons. The molecule has 1 aliphatic heterocycles. The van der Waals surface area contributed by atoms with Crippen LogP contribution in [0.2, 0.25) is 0 Å². The zero-order valence-electron chi connectivity index (χ0n) is 19.6. The molecule has 9 nitrogen and oxygen atoms in total. The van der Waals surface area contributed by atoms with Crippen LogP contribution >= 0.6 is 0 Å². The Morgan fingerprint density at radius 1 is 0.974 bits per heavy atom. The van der Waals surface area contributed by atoms with Gasteiger partial charge in [-0.15, -0.1) is 0 Å². The van der Waals surface area contributed by atoms with Gasteiger partial charge in [0.05, 0.1) is 0 Å². The molecule has 1 saturated heterocycles. The van der Waals surface area contributed by atoms with Crippen LogP contribution in [0.25, 0.3) is 16.8 Å². The molecular weight excluding hydrogens is 530 g/mol. The van der Waals surface area contributed by atoms with E-state index in [9.17, 15) is 26.0 Å². The second kappa shape index (κ2) is 10.8. The molecule has 0 amide bonds. The molecule has 1 aliphatic rings. The van der Waals surface area contributed by atoms with E-state index < -0.39 is 28.0 Å². The Bertz CT molecular complexity index is 1540. The van der Waals surface area contributed by atoms with E-state index in [-0.39, 0.29) is 10.8 Å². The van der Waals surface area contributed by atoms with Gasteiger partial charge in [0.25, 0.3) is 0 Å². The average Bonchev–Trinajstić information content (AvgIpc) is 3.33. The summed E-state index contributed by atoms with van der Waals surface area (Å²) < 4.78 is 74.5. The van der Waals surface area contributed by atoms with Gasteiger partial charge in [-0.1, -0.05) is 12.1 Å². The SMILES string of the molecule is O=C(O)C(F)(F)F.O=S(=O)(c1ccccc1F)N1CCC(c2nc3ccc(-c4ccncc4)cn3n2)CC1. The fourth-order valence-electron chi connectivity index (χ4n) is 3.94. The van der Waals surface area contributed by atoms with Crippen LogP contribution in [0.5, 0.6) is 0 Å².